The van der Waals surface area contributed by atoms with Gasteiger partial charge in [0.25, 0.3) is 0 Å². The molecule has 1 rings (SSSR count). The molecule has 0 bridgehead atoms. The molecule has 90 valence electrons. The van der Waals surface area contributed by atoms with E-state index in [0.29, 0.717) is 5.88 Å². The molecule has 0 radical (unpaired) electrons. The second-order valence-electron chi connectivity index (χ2n) is 4.57. The summed E-state index contributed by atoms with van der Waals surface area (Å²) in [6, 6.07) is -0.141. The number of alkyl halides is 1. The van der Waals surface area contributed by atoms with Gasteiger partial charge in [0.05, 0.1) is 5.25 Å². The van der Waals surface area contributed by atoms with Gasteiger partial charge in [0, 0.05) is 11.9 Å². The van der Waals surface area contributed by atoms with E-state index in [1.807, 2.05) is 13.8 Å². The fourth-order valence-electron chi connectivity index (χ4n) is 1.85. The molecule has 0 amide bonds. The van der Waals surface area contributed by atoms with Gasteiger partial charge in [-0.25, -0.2) is 13.1 Å². The number of hydrogen-bond acceptors (Lipinski definition) is 2. The lowest BCUT2D eigenvalue weighted by molar-refractivity contribution is 0.474. The highest BCUT2D eigenvalue weighted by Gasteiger charge is 2.31. The average molecular weight is 254 g/mol. The number of halogens is 1. The third kappa shape index (κ3) is 3.61. The summed E-state index contributed by atoms with van der Waals surface area (Å²) in [6.07, 6.45) is 3.64. The van der Waals surface area contributed by atoms with Gasteiger partial charge in [-0.1, -0.05) is 26.7 Å². The molecule has 5 heteroatoms. The Kier molecular flexibility index (Phi) is 4.87. The molecule has 0 aromatic carbocycles. The Hall–Kier alpha value is 0.200. The molecule has 0 spiro atoms. The Bertz CT molecular complexity index is 284. The molecule has 1 atom stereocenters. The summed E-state index contributed by atoms with van der Waals surface area (Å²) >= 11 is 5.75. The minimum atomic E-state index is -3.15. The second-order valence-corrected chi connectivity index (χ2v) is 6.88. The summed E-state index contributed by atoms with van der Waals surface area (Å²) in [7, 11) is -3.15. The number of rotatable bonds is 5. The standard InChI is InChI=1S/C10H20ClNO2S/c1-8(2)10(7-11)12-15(13,14)9-5-3-4-6-9/h8-10,12H,3-7H2,1-2H3. The predicted molar refractivity (Wildman–Crippen MR) is 63.7 cm³/mol. The maximum atomic E-state index is 11.9. The molecule has 1 aliphatic rings. The molecular weight excluding hydrogens is 234 g/mol. The van der Waals surface area contributed by atoms with Gasteiger partial charge in [0.2, 0.25) is 10.0 Å². The SMILES string of the molecule is CC(C)C(CCl)NS(=O)(=O)C1CCCC1. The minimum Gasteiger partial charge on any atom is -0.212 e. The monoisotopic (exact) mass is 253 g/mol. The average Bonchev–Trinajstić information content (AvgIpc) is 2.67. The Morgan fingerprint density at radius 1 is 1.33 bits per heavy atom. The summed E-state index contributed by atoms with van der Waals surface area (Å²) in [5.41, 5.74) is 0. The molecule has 1 saturated carbocycles. The third-order valence-electron chi connectivity index (χ3n) is 3.03. The van der Waals surface area contributed by atoms with Crippen LogP contribution in [0.15, 0.2) is 0 Å². The van der Waals surface area contributed by atoms with Crippen molar-refractivity contribution in [2.45, 2.75) is 50.8 Å². The second kappa shape index (κ2) is 5.51. The summed E-state index contributed by atoms with van der Waals surface area (Å²) in [5.74, 6) is 0.572. The highest BCUT2D eigenvalue weighted by atomic mass is 35.5. The number of sulfonamides is 1. The van der Waals surface area contributed by atoms with Crippen LogP contribution in [-0.4, -0.2) is 25.6 Å². The van der Waals surface area contributed by atoms with E-state index in [2.05, 4.69) is 4.72 Å². The molecular formula is C10H20ClNO2S. The van der Waals surface area contributed by atoms with Crippen LogP contribution in [0, 0.1) is 5.92 Å². The fraction of sp³-hybridized carbons (Fsp3) is 1.00. The maximum Gasteiger partial charge on any atom is 0.214 e. The van der Waals surface area contributed by atoms with Gasteiger partial charge in [0.1, 0.15) is 0 Å². The summed E-state index contributed by atoms with van der Waals surface area (Å²) in [5, 5.41) is -0.193. The number of nitrogens with one attached hydrogen (secondary N) is 1. The van der Waals surface area contributed by atoms with E-state index in [1.165, 1.54) is 0 Å². The first-order valence-corrected chi connectivity index (χ1v) is 7.62. The van der Waals surface area contributed by atoms with Gasteiger partial charge in [-0.05, 0) is 18.8 Å². The maximum absolute atomic E-state index is 11.9. The van der Waals surface area contributed by atoms with Crippen LogP contribution in [0.4, 0.5) is 0 Å². The molecule has 0 aliphatic heterocycles. The van der Waals surface area contributed by atoms with Crippen molar-refractivity contribution in [1.82, 2.24) is 4.72 Å². The molecule has 0 heterocycles. The highest BCUT2D eigenvalue weighted by Crippen LogP contribution is 2.24. The predicted octanol–water partition coefficient (Wildman–Crippen LogP) is 2.11. The largest absolute Gasteiger partial charge is 0.214 e. The number of hydrogen-bond donors (Lipinski definition) is 1. The van der Waals surface area contributed by atoms with E-state index in [1.54, 1.807) is 0 Å². The molecule has 15 heavy (non-hydrogen) atoms. The Morgan fingerprint density at radius 2 is 1.87 bits per heavy atom. The quantitative estimate of drug-likeness (QED) is 0.763. The van der Waals surface area contributed by atoms with Crippen LogP contribution in [0.2, 0.25) is 0 Å². The van der Waals surface area contributed by atoms with E-state index >= 15 is 0 Å². The zero-order valence-corrected chi connectivity index (χ0v) is 10.9. The van der Waals surface area contributed by atoms with Gasteiger partial charge in [-0.15, -0.1) is 11.6 Å². The van der Waals surface area contributed by atoms with Crippen LogP contribution in [0.25, 0.3) is 0 Å². The zero-order chi connectivity index (χ0) is 11.5. The van der Waals surface area contributed by atoms with Crippen molar-refractivity contribution < 1.29 is 8.42 Å². The lowest BCUT2D eigenvalue weighted by atomic mass is 10.1. The van der Waals surface area contributed by atoms with E-state index in [-0.39, 0.29) is 17.2 Å². The van der Waals surface area contributed by atoms with Crippen LogP contribution in [0.3, 0.4) is 0 Å². The van der Waals surface area contributed by atoms with Gasteiger partial charge >= 0.3 is 0 Å². The van der Waals surface area contributed by atoms with Crippen LogP contribution in [-0.2, 0) is 10.0 Å². The normalized spacial score (nSPS) is 21.1. The topological polar surface area (TPSA) is 46.2 Å². The Balaban J connectivity index is 2.61. The van der Waals surface area contributed by atoms with Crippen molar-refractivity contribution in [2.75, 3.05) is 5.88 Å². The van der Waals surface area contributed by atoms with Crippen molar-refractivity contribution in [2.24, 2.45) is 5.92 Å². The lowest BCUT2D eigenvalue weighted by Crippen LogP contribution is -2.43. The first-order valence-electron chi connectivity index (χ1n) is 5.54. The molecule has 1 fully saturated rings. The summed E-state index contributed by atoms with van der Waals surface area (Å²) in [6.45, 7) is 3.95. The highest BCUT2D eigenvalue weighted by molar-refractivity contribution is 7.90. The van der Waals surface area contributed by atoms with Crippen molar-refractivity contribution in [1.29, 1.82) is 0 Å². The minimum absolute atomic E-state index is 0.141. The van der Waals surface area contributed by atoms with Crippen LogP contribution < -0.4 is 4.72 Å². The summed E-state index contributed by atoms with van der Waals surface area (Å²) < 4.78 is 26.6. The van der Waals surface area contributed by atoms with E-state index in [9.17, 15) is 8.42 Å². The molecule has 0 aromatic heterocycles. The first kappa shape index (κ1) is 13.3. The van der Waals surface area contributed by atoms with Crippen molar-refractivity contribution in [3.63, 3.8) is 0 Å². The first-order chi connectivity index (χ1) is 6.97. The smallest absolute Gasteiger partial charge is 0.212 e. The molecule has 0 aromatic rings. The molecule has 1 N–H and O–H groups in total. The van der Waals surface area contributed by atoms with E-state index < -0.39 is 10.0 Å². The van der Waals surface area contributed by atoms with E-state index in [0.717, 1.165) is 25.7 Å². The van der Waals surface area contributed by atoms with Crippen LogP contribution in [0.5, 0.6) is 0 Å². The van der Waals surface area contributed by atoms with Crippen LogP contribution in [0.1, 0.15) is 39.5 Å². The van der Waals surface area contributed by atoms with Crippen molar-refractivity contribution in [3.8, 4) is 0 Å². The van der Waals surface area contributed by atoms with E-state index in [4.69, 9.17) is 11.6 Å². The molecule has 0 saturated heterocycles. The Morgan fingerprint density at radius 3 is 2.27 bits per heavy atom. The van der Waals surface area contributed by atoms with Gasteiger partial charge in [0.15, 0.2) is 0 Å². The fourth-order valence-corrected chi connectivity index (χ4v) is 4.30. The molecule has 1 aliphatic carbocycles. The third-order valence-corrected chi connectivity index (χ3v) is 5.34. The zero-order valence-electron chi connectivity index (χ0n) is 9.37. The Labute approximate surface area is 97.6 Å². The van der Waals surface area contributed by atoms with Gasteiger partial charge in [-0.3, -0.25) is 0 Å². The lowest BCUT2D eigenvalue weighted by Gasteiger charge is -2.22. The van der Waals surface area contributed by atoms with Gasteiger partial charge in [-0.2, -0.15) is 0 Å². The molecule has 1 unspecified atom stereocenters. The van der Waals surface area contributed by atoms with Crippen LogP contribution >= 0.6 is 11.6 Å². The molecule has 3 nitrogen and oxygen atoms in total. The van der Waals surface area contributed by atoms with Crippen molar-refractivity contribution in [3.05, 3.63) is 0 Å². The van der Waals surface area contributed by atoms with Crippen molar-refractivity contribution >= 4 is 21.6 Å². The summed E-state index contributed by atoms with van der Waals surface area (Å²) in [4.78, 5) is 0. The van der Waals surface area contributed by atoms with Gasteiger partial charge < -0.3 is 0 Å².